The number of nitrogens with one attached hydrogen (secondary N) is 2. The number of hydrogen-bond acceptors (Lipinski definition) is 4. The molecule has 2 aliphatic rings. The van der Waals surface area contributed by atoms with E-state index in [4.69, 9.17) is 0 Å². The Bertz CT molecular complexity index is 1050. The average Bonchev–Trinajstić information content (AvgIpc) is 3.34. The van der Waals surface area contributed by atoms with Crippen molar-refractivity contribution in [3.05, 3.63) is 46.7 Å². The van der Waals surface area contributed by atoms with Gasteiger partial charge < -0.3 is 5.32 Å². The number of carbonyl (C=O) groups excluding carboxylic acids is 1. The molecule has 0 bridgehead atoms. The summed E-state index contributed by atoms with van der Waals surface area (Å²) in [6.07, 6.45) is 9.35. The van der Waals surface area contributed by atoms with Crippen molar-refractivity contribution < 1.29 is 13.2 Å². The first kappa shape index (κ1) is 17.8. The number of sulfonamides is 1. The molecule has 2 aliphatic carbocycles. The number of carbonyl (C=O) groups is 1. The summed E-state index contributed by atoms with van der Waals surface area (Å²) in [7, 11) is -4.03. The van der Waals surface area contributed by atoms with Crippen LogP contribution in [0.3, 0.4) is 0 Å². The van der Waals surface area contributed by atoms with E-state index in [1.54, 1.807) is 6.20 Å². The number of rotatable bonds is 4. The van der Waals surface area contributed by atoms with Gasteiger partial charge in [0, 0.05) is 17.9 Å². The van der Waals surface area contributed by atoms with Crippen molar-refractivity contribution in [1.29, 1.82) is 0 Å². The monoisotopic (exact) mass is 386 g/mol. The zero-order chi connectivity index (χ0) is 19.2. The van der Waals surface area contributed by atoms with Gasteiger partial charge in [0.25, 0.3) is 10.0 Å². The molecule has 0 spiro atoms. The number of urea groups is 1. The van der Waals surface area contributed by atoms with E-state index in [1.807, 2.05) is 19.9 Å². The van der Waals surface area contributed by atoms with Gasteiger partial charge in [0.2, 0.25) is 0 Å². The summed E-state index contributed by atoms with van der Waals surface area (Å²) < 4.78 is 28.6. The predicted molar refractivity (Wildman–Crippen MR) is 103 cm³/mol. The second-order valence-corrected chi connectivity index (χ2v) is 8.83. The van der Waals surface area contributed by atoms with E-state index in [0.29, 0.717) is 0 Å². The summed E-state index contributed by atoms with van der Waals surface area (Å²) in [6.45, 7) is 3.79. The van der Waals surface area contributed by atoms with Gasteiger partial charge >= 0.3 is 6.03 Å². The van der Waals surface area contributed by atoms with Crippen molar-refractivity contribution in [2.45, 2.75) is 50.6 Å². The van der Waals surface area contributed by atoms with Gasteiger partial charge in [0.05, 0.1) is 0 Å². The van der Waals surface area contributed by atoms with E-state index in [1.165, 1.54) is 16.3 Å². The number of amides is 2. The van der Waals surface area contributed by atoms with Crippen LogP contribution in [-0.4, -0.2) is 24.2 Å². The molecule has 142 valence electrons. The van der Waals surface area contributed by atoms with Crippen molar-refractivity contribution >= 4 is 27.8 Å². The molecule has 0 unspecified atom stereocenters. The molecule has 0 aliphatic heterocycles. The van der Waals surface area contributed by atoms with E-state index in [-0.39, 0.29) is 11.1 Å². The molecule has 0 saturated carbocycles. The molecule has 0 radical (unpaired) electrons. The van der Waals surface area contributed by atoms with Gasteiger partial charge in [0.1, 0.15) is 0 Å². The fraction of sp³-hybridized carbons (Fsp3) is 0.368. The van der Waals surface area contributed by atoms with Crippen molar-refractivity contribution in [3.8, 4) is 0 Å². The summed E-state index contributed by atoms with van der Waals surface area (Å²) >= 11 is 0. The Labute approximate surface area is 158 Å². The number of aryl methyl sites for hydroxylation is 1. The van der Waals surface area contributed by atoms with Crippen molar-refractivity contribution in [2.24, 2.45) is 0 Å². The first-order chi connectivity index (χ1) is 12.8. The molecule has 8 heteroatoms. The molecule has 7 nitrogen and oxygen atoms in total. The van der Waals surface area contributed by atoms with Gasteiger partial charge in [-0.05, 0) is 67.9 Å². The number of nitrogens with zero attached hydrogens (tertiary/aromatic N) is 2. The predicted octanol–water partition coefficient (Wildman–Crippen LogP) is 3.03. The molecule has 4 rings (SSSR count). The minimum atomic E-state index is -4.03. The average molecular weight is 386 g/mol. The summed E-state index contributed by atoms with van der Waals surface area (Å²) in [4.78, 5) is 12.5. The van der Waals surface area contributed by atoms with Crippen LogP contribution in [0.15, 0.2) is 29.4 Å². The molecule has 0 saturated heterocycles. The lowest BCUT2D eigenvalue weighted by molar-refractivity contribution is 0.256. The number of allylic oxidation sites excluding steroid dienone is 1. The Hall–Kier alpha value is -2.61. The highest BCUT2D eigenvalue weighted by Crippen LogP contribution is 2.37. The van der Waals surface area contributed by atoms with Gasteiger partial charge in [-0.1, -0.05) is 18.2 Å². The number of fused-ring (bicyclic) bond motifs is 2. The van der Waals surface area contributed by atoms with Crippen LogP contribution >= 0.6 is 0 Å². The maximum atomic E-state index is 12.5. The minimum Gasteiger partial charge on any atom is -0.307 e. The molecule has 1 aromatic heterocycles. The van der Waals surface area contributed by atoms with Gasteiger partial charge in [-0.2, -0.15) is 13.5 Å². The molecule has 2 N–H and O–H groups in total. The lowest BCUT2D eigenvalue weighted by Crippen LogP contribution is -2.35. The molecular formula is C19H22N4O3S. The molecular weight excluding hydrogens is 364 g/mol. The number of benzene rings is 1. The molecule has 27 heavy (non-hydrogen) atoms. The highest BCUT2D eigenvalue weighted by Gasteiger charge is 2.26. The van der Waals surface area contributed by atoms with Crippen LogP contribution in [0.5, 0.6) is 0 Å². The molecule has 1 heterocycles. The first-order valence-electron chi connectivity index (χ1n) is 9.08. The highest BCUT2D eigenvalue weighted by molar-refractivity contribution is 7.90. The van der Waals surface area contributed by atoms with Crippen LogP contribution in [0.1, 0.15) is 48.6 Å². The molecule has 0 fully saturated rings. The van der Waals surface area contributed by atoms with Gasteiger partial charge in [0.15, 0.2) is 5.03 Å². The van der Waals surface area contributed by atoms with Gasteiger partial charge in [-0.3, -0.25) is 4.68 Å². The minimum absolute atomic E-state index is 0.0322. The van der Waals surface area contributed by atoms with Crippen LogP contribution < -0.4 is 10.0 Å². The lowest BCUT2D eigenvalue weighted by Gasteiger charge is -2.16. The van der Waals surface area contributed by atoms with Crippen LogP contribution in [0.2, 0.25) is 0 Å². The molecule has 2 aromatic rings. The lowest BCUT2D eigenvalue weighted by atomic mass is 9.98. The maximum Gasteiger partial charge on any atom is 0.333 e. The second-order valence-electron chi connectivity index (χ2n) is 7.20. The SMILES string of the molecule is CC(C)n1ccc(S(=O)(=O)NC(=O)Nc2c3c(cc4c2CCC4)C=CC3)n1. The number of aromatic nitrogens is 2. The maximum absolute atomic E-state index is 12.5. The topological polar surface area (TPSA) is 93.1 Å². The van der Waals surface area contributed by atoms with Crippen molar-refractivity contribution in [2.75, 3.05) is 5.32 Å². The molecule has 1 aromatic carbocycles. The first-order valence-corrected chi connectivity index (χ1v) is 10.6. The van der Waals surface area contributed by atoms with E-state index in [2.05, 4.69) is 27.3 Å². The third kappa shape index (κ3) is 3.25. The Kier molecular flexibility index (Phi) is 4.30. The quantitative estimate of drug-likeness (QED) is 0.845. The summed E-state index contributed by atoms with van der Waals surface area (Å²) in [5, 5.41) is 6.66. The van der Waals surface area contributed by atoms with Crippen LogP contribution in [0.25, 0.3) is 6.08 Å². The largest absolute Gasteiger partial charge is 0.333 e. The zero-order valence-electron chi connectivity index (χ0n) is 15.3. The van der Waals surface area contributed by atoms with Crippen molar-refractivity contribution in [1.82, 2.24) is 14.5 Å². The fourth-order valence-electron chi connectivity index (χ4n) is 3.70. The van der Waals surface area contributed by atoms with E-state index in [9.17, 15) is 13.2 Å². The van der Waals surface area contributed by atoms with E-state index < -0.39 is 16.1 Å². The summed E-state index contributed by atoms with van der Waals surface area (Å²) in [6, 6.07) is 2.84. The third-order valence-corrected chi connectivity index (χ3v) is 6.24. The van der Waals surface area contributed by atoms with Crippen LogP contribution in [0, 0.1) is 0 Å². The normalized spacial score (nSPS) is 15.1. The summed E-state index contributed by atoms with van der Waals surface area (Å²) in [5.41, 5.74) is 5.25. The molecule has 0 atom stereocenters. The van der Waals surface area contributed by atoms with Gasteiger partial charge in [-0.15, -0.1) is 0 Å². The van der Waals surface area contributed by atoms with Crippen molar-refractivity contribution in [3.63, 3.8) is 0 Å². The van der Waals surface area contributed by atoms with Crippen LogP contribution in [-0.2, 0) is 29.3 Å². The highest BCUT2D eigenvalue weighted by atomic mass is 32.2. The Morgan fingerprint density at radius 1 is 1.26 bits per heavy atom. The Morgan fingerprint density at radius 2 is 2.07 bits per heavy atom. The Balaban J connectivity index is 1.57. The third-order valence-electron chi connectivity index (χ3n) is 5.02. The van der Waals surface area contributed by atoms with Gasteiger partial charge in [-0.25, -0.2) is 9.52 Å². The standard InChI is InChI=1S/C19H22N4O3S/c1-12(2)23-10-9-17(21-23)27(25,26)22-19(24)20-18-15-7-3-5-13(15)11-14-6-4-8-16(14)18/h3,5,9-12H,4,6-8H2,1-2H3,(H2,20,22,24). The fourth-order valence-corrected chi connectivity index (χ4v) is 4.54. The smallest absolute Gasteiger partial charge is 0.307 e. The zero-order valence-corrected chi connectivity index (χ0v) is 16.1. The number of anilines is 1. The summed E-state index contributed by atoms with van der Waals surface area (Å²) in [5.74, 6) is 0. The van der Waals surface area contributed by atoms with E-state index in [0.717, 1.165) is 48.1 Å². The van der Waals surface area contributed by atoms with Crippen LogP contribution in [0.4, 0.5) is 10.5 Å². The number of hydrogen-bond donors (Lipinski definition) is 2. The second kappa shape index (κ2) is 6.53. The van der Waals surface area contributed by atoms with E-state index >= 15 is 0 Å². The Morgan fingerprint density at radius 3 is 2.81 bits per heavy atom. The molecule has 2 amide bonds.